The average Bonchev–Trinajstić information content (AvgIpc) is 2.28. The predicted octanol–water partition coefficient (Wildman–Crippen LogP) is 3.01. The van der Waals surface area contributed by atoms with Crippen LogP contribution in [0.2, 0.25) is 0 Å². The highest BCUT2D eigenvalue weighted by Crippen LogP contribution is 2.24. The Morgan fingerprint density at radius 1 is 1.19 bits per heavy atom. The van der Waals surface area contributed by atoms with Crippen LogP contribution >= 0.6 is 0 Å². The van der Waals surface area contributed by atoms with Crippen molar-refractivity contribution in [1.82, 2.24) is 4.98 Å². The number of nitrogens with zero attached hydrogens (tertiary/aromatic N) is 1. The minimum Gasteiger partial charge on any atom is -0.298 e. The van der Waals surface area contributed by atoms with E-state index in [9.17, 15) is 9.18 Å². The first-order valence-electron chi connectivity index (χ1n) is 4.90. The van der Waals surface area contributed by atoms with Crippen LogP contribution in [0.25, 0.3) is 11.3 Å². The Labute approximate surface area is 92.8 Å². The van der Waals surface area contributed by atoms with E-state index in [0.717, 1.165) is 5.69 Å². The molecule has 2 rings (SSSR count). The Kier molecular flexibility index (Phi) is 2.77. The maximum absolute atomic E-state index is 13.7. The molecule has 0 radical (unpaired) electrons. The summed E-state index contributed by atoms with van der Waals surface area (Å²) in [5.41, 5.74) is 1.86. The normalized spacial score (nSPS) is 10.1. The number of hydrogen-bond donors (Lipinski definition) is 0. The first kappa shape index (κ1) is 10.5. The van der Waals surface area contributed by atoms with Crippen LogP contribution < -0.4 is 0 Å². The molecule has 0 N–H and O–H groups in total. The van der Waals surface area contributed by atoms with Gasteiger partial charge >= 0.3 is 0 Å². The maximum Gasteiger partial charge on any atom is 0.150 e. The van der Waals surface area contributed by atoms with Gasteiger partial charge in [-0.2, -0.15) is 0 Å². The Bertz CT molecular complexity index is 537. The Morgan fingerprint density at radius 2 is 1.94 bits per heavy atom. The standard InChI is InChI=1S/C13H10FNO/c1-9-4-2-7-12(15-9)13-10(8-16)5-3-6-11(13)14/h2-8H,1H3. The lowest BCUT2D eigenvalue weighted by Crippen LogP contribution is -1.95. The minimum atomic E-state index is -0.428. The third kappa shape index (κ3) is 1.84. The SMILES string of the molecule is Cc1cccc(-c2c(F)cccc2C=O)n1. The zero-order chi connectivity index (χ0) is 11.5. The van der Waals surface area contributed by atoms with E-state index in [1.807, 2.05) is 13.0 Å². The van der Waals surface area contributed by atoms with E-state index in [1.165, 1.54) is 12.1 Å². The van der Waals surface area contributed by atoms with Gasteiger partial charge in [0.2, 0.25) is 0 Å². The van der Waals surface area contributed by atoms with Crippen LogP contribution in [-0.2, 0) is 0 Å². The van der Waals surface area contributed by atoms with Crippen molar-refractivity contribution in [2.45, 2.75) is 6.92 Å². The van der Waals surface area contributed by atoms with Crippen LogP contribution in [0.4, 0.5) is 4.39 Å². The van der Waals surface area contributed by atoms with Crippen molar-refractivity contribution in [3.8, 4) is 11.3 Å². The van der Waals surface area contributed by atoms with Crippen LogP contribution in [-0.4, -0.2) is 11.3 Å². The average molecular weight is 215 g/mol. The van der Waals surface area contributed by atoms with E-state index < -0.39 is 5.82 Å². The van der Waals surface area contributed by atoms with Gasteiger partial charge in [0.05, 0.1) is 5.69 Å². The second-order valence-electron chi connectivity index (χ2n) is 3.49. The highest BCUT2D eigenvalue weighted by atomic mass is 19.1. The van der Waals surface area contributed by atoms with Crippen molar-refractivity contribution >= 4 is 6.29 Å². The molecule has 80 valence electrons. The van der Waals surface area contributed by atoms with E-state index in [-0.39, 0.29) is 5.56 Å². The maximum atomic E-state index is 13.7. The number of aryl methyl sites for hydroxylation is 1. The summed E-state index contributed by atoms with van der Waals surface area (Å²) in [5.74, 6) is -0.428. The summed E-state index contributed by atoms with van der Waals surface area (Å²) >= 11 is 0. The van der Waals surface area contributed by atoms with Gasteiger partial charge in [-0.05, 0) is 25.1 Å². The van der Waals surface area contributed by atoms with Crippen molar-refractivity contribution in [1.29, 1.82) is 0 Å². The zero-order valence-corrected chi connectivity index (χ0v) is 8.77. The van der Waals surface area contributed by atoms with Gasteiger partial charge in [0.1, 0.15) is 5.82 Å². The van der Waals surface area contributed by atoms with E-state index in [2.05, 4.69) is 4.98 Å². The van der Waals surface area contributed by atoms with Crippen LogP contribution in [0.15, 0.2) is 36.4 Å². The highest BCUT2D eigenvalue weighted by molar-refractivity contribution is 5.86. The summed E-state index contributed by atoms with van der Waals surface area (Å²) in [6.45, 7) is 1.82. The van der Waals surface area contributed by atoms with Crippen molar-refractivity contribution in [3.63, 3.8) is 0 Å². The molecule has 0 aliphatic carbocycles. The molecule has 2 nitrogen and oxygen atoms in total. The number of carbonyl (C=O) groups excluding carboxylic acids is 1. The lowest BCUT2D eigenvalue weighted by molar-refractivity contribution is 0.112. The van der Waals surface area contributed by atoms with Crippen LogP contribution in [0.5, 0.6) is 0 Å². The largest absolute Gasteiger partial charge is 0.298 e. The molecule has 1 aromatic carbocycles. The van der Waals surface area contributed by atoms with E-state index in [4.69, 9.17) is 0 Å². The fraction of sp³-hybridized carbons (Fsp3) is 0.0769. The molecule has 0 spiro atoms. The number of aromatic nitrogens is 1. The molecular formula is C13H10FNO. The molecule has 2 aromatic rings. The quantitative estimate of drug-likeness (QED) is 0.721. The van der Waals surface area contributed by atoms with E-state index >= 15 is 0 Å². The molecule has 0 unspecified atom stereocenters. The van der Waals surface area contributed by atoms with Gasteiger partial charge in [0.15, 0.2) is 6.29 Å². The second-order valence-corrected chi connectivity index (χ2v) is 3.49. The Morgan fingerprint density at radius 3 is 2.62 bits per heavy atom. The summed E-state index contributed by atoms with van der Waals surface area (Å²) in [7, 11) is 0. The second kappa shape index (κ2) is 4.23. The van der Waals surface area contributed by atoms with Crippen LogP contribution in [0, 0.1) is 12.7 Å². The molecule has 1 aromatic heterocycles. The summed E-state index contributed by atoms with van der Waals surface area (Å²) in [4.78, 5) is 15.1. The molecular weight excluding hydrogens is 205 g/mol. The van der Waals surface area contributed by atoms with Gasteiger partial charge in [-0.1, -0.05) is 18.2 Å². The first-order chi connectivity index (χ1) is 7.72. The molecule has 0 saturated carbocycles. The number of benzene rings is 1. The molecule has 0 bridgehead atoms. The van der Waals surface area contributed by atoms with Crippen LogP contribution in [0.3, 0.4) is 0 Å². The number of halogens is 1. The van der Waals surface area contributed by atoms with Crippen molar-refractivity contribution < 1.29 is 9.18 Å². The number of rotatable bonds is 2. The molecule has 0 aliphatic heterocycles. The number of hydrogen-bond acceptors (Lipinski definition) is 2. The van der Waals surface area contributed by atoms with Gasteiger partial charge in [-0.3, -0.25) is 9.78 Å². The van der Waals surface area contributed by atoms with E-state index in [1.54, 1.807) is 18.2 Å². The van der Waals surface area contributed by atoms with E-state index in [0.29, 0.717) is 17.5 Å². The zero-order valence-electron chi connectivity index (χ0n) is 8.77. The number of aldehydes is 1. The molecule has 0 atom stereocenters. The molecule has 0 aliphatic rings. The fourth-order valence-electron chi connectivity index (χ4n) is 1.59. The summed E-state index contributed by atoms with van der Waals surface area (Å²) in [5, 5.41) is 0. The summed E-state index contributed by atoms with van der Waals surface area (Å²) in [6, 6.07) is 9.72. The van der Waals surface area contributed by atoms with Gasteiger partial charge in [-0.25, -0.2) is 4.39 Å². The van der Waals surface area contributed by atoms with Crippen molar-refractivity contribution in [3.05, 3.63) is 53.5 Å². The van der Waals surface area contributed by atoms with Gasteiger partial charge in [0, 0.05) is 16.8 Å². The van der Waals surface area contributed by atoms with Crippen LogP contribution in [0.1, 0.15) is 16.1 Å². The summed E-state index contributed by atoms with van der Waals surface area (Å²) < 4.78 is 13.7. The number of carbonyl (C=O) groups is 1. The highest BCUT2D eigenvalue weighted by Gasteiger charge is 2.11. The topological polar surface area (TPSA) is 30.0 Å². The predicted molar refractivity (Wildman–Crippen MR) is 59.8 cm³/mol. The molecule has 16 heavy (non-hydrogen) atoms. The first-order valence-corrected chi connectivity index (χ1v) is 4.90. The molecule has 0 amide bonds. The Balaban J connectivity index is 2.67. The Hall–Kier alpha value is -2.03. The lowest BCUT2D eigenvalue weighted by atomic mass is 10.0. The molecule has 1 heterocycles. The molecule has 3 heteroatoms. The minimum absolute atomic E-state index is 0.265. The molecule has 0 saturated heterocycles. The van der Waals surface area contributed by atoms with Crippen molar-refractivity contribution in [2.75, 3.05) is 0 Å². The van der Waals surface area contributed by atoms with Crippen molar-refractivity contribution in [2.24, 2.45) is 0 Å². The number of pyridine rings is 1. The van der Waals surface area contributed by atoms with Gasteiger partial charge < -0.3 is 0 Å². The lowest BCUT2D eigenvalue weighted by Gasteiger charge is -2.06. The third-order valence-corrected chi connectivity index (χ3v) is 2.32. The fourth-order valence-corrected chi connectivity index (χ4v) is 1.59. The summed E-state index contributed by atoms with van der Waals surface area (Å²) in [6.07, 6.45) is 0.641. The molecule has 0 fully saturated rings. The smallest absolute Gasteiger partial charge is 0.150 e. The van der Waals surface area contributed by atoms with Gasteiger partial charge in [-0.15, -0.1) is 0 Å². The van der Waals surface area contributed by atoms with Gasteiger partial charge in [0.25, 0.3) is 0 Å². The third-order valence-electron chi connectivity index (χ3n) is 2.32. The monoisotopic (exact) mass is 215 g/mol.